The Morgan fingerprint density at radius 2 is 1.96 bits per heavy atom. The van der Waals surface area contributed by atoms with E-state index >= 15 is 0 Å². The molecule has 1 aromatic heterocycles. The molecule has 3 rings (SSSR count). The molecule has 1 amide bonds. The average molecular weight is 352 g/mol. The molecule has 3 aromatic rings. The van der Waals surface area contributed by atoms with E-state index in [-0.39, 0.29) is 5.91 Å². The second-order valence-electron chi connectivity index (χ2n) is 5.74. The fourth-order valence-corrected chi connectivity index (χ4v) is 2.75. The molecule has 1 atom stereocenters. The van der Waals surface area contributed by atoms with E-state index in [9.17, 15) is 9.59 Å². The molecule has 1 unspecified atom stereocenters. The van der Waals surface area contributed by atoms with Gasteiger partial charge in [-0.15, -0.1) is 5.10 Å². The zero-order valence-corrected chi connectivity index (χ0v) is 14.7. The number of rotatable bonds is 6. The minimum absolute atomic E-state index is 0.218. The maximum atomic E-state index is 12.8. The number of para-hydroxylation sites is 1. The summed E-state index contributed by atoms with van der Waals surface area (Å²) in [7, 11) is 0. The summed E-state index contributed by atoms with van der Waals surface area (Å²) in [6, 6.07) is 13.7. The van der Waals surface area contributed by atoms with Crippen molar-refractivity contribution in [1.82, 2.24) is 15.0 Å². The third kappa shape index (κ3) is 3.56. The lowest BCUT2D eigenvalue weighted by atomic mass is 10.1. The zero-order chi connectivity index (χ0) is 18.5. The Morgan fingerprint density at radius 3 is 2.73 bits per heavy atom. The number of hydrogen-bond acceptors (Lipinski definition) is 5. The predicted molar refractivity (Wildman–Crippen MR) is 97.9 cm³/mol. The van der Waals surface area contributed by atoms with Gasteiger partial charge in [-0.25, -0.2) is 9.48 Å². The molecule has 0 aliphatic heterocycles. The van der Waals surface area contributed by atoms with Crippen LogP contribution in [-0.2, 0) is 9.53 Å². The van der Waals surface area contributed by atoms with Crippen LogP contribution in [-0.4, -0.2) is 33.5 Å². The van der Waals surface area contributed by atoms with Crippen LogP contribution in [0.4, 0.5) is 5.69 Å². The van der Waals surface area contributed by atoms with Gasteiger partial charge in [0.25, 0.3) is 0 Å². The predicted octanol–water partition coefficient (Wildman–Crippen LogP) is 3.20. The van der Waals surface area contributed by atoms with Crippen molar-refractivity contribution in [1.29, 1.82) is 0 Å². The van der Waals surface area contributed by atoms with Crippen LogP contribution in [0.1, 0.15) is 36.7 Å². The van der Waals surface area contributed by atoms with Crippen LogP contribution < -0.4 is 5.32 Å². The molecule has 0 aliphatic rings. The van der Waals surface area contributed by atoms with Gasteiger partial charge in [0.2, 0.25) is 5.91 Å². The summed E-state index contributed by atoms with van der Waals surface area (Å²) in [6.45, 7) is 3.96. The molecule has 134 valence electrons. The van der Waals surface area contributed by atoms with Gasteiger partial charge in [-0.05, 0) is 43.7 Å². The first-order chi connectivity index (χ1) is 12.6. The van der Waals surface area contributed by atoms with Crippen molar-refractivity contribution in [3.63, 3.8) is 0 Å². The van der Waals surface area contributed by atoms with Crippen molar-refractivity contribution in [3.05, 3.63) is 54.1 Å². The van der Waals surface area contributed by atoms with Gasteiger partial charge in [-0.2, -0.15) is 0 Å². The van der Waals surface area contributed by atoms with E-state index in [2.05, 4.69) is 15.6 Å². The second-order valence-corrected chi connectivity index (χ2v) is 5.74. The Morgan fingerprint density at radius 1 is 1.15 bits per heavy atom. The lowest BCUT2D eigenvalue weighted by Gasteiger charge is -2.16. The molecule has 0 saturated carbocycles. The molecule has 0 saturated heterocycles. The van der Waals surface area contributed by atoms with Gasteiger partial charge in [0.05, 0.1) is 17.7 Å². The summed E-state index contributed by atoms with van der Waals surface area (Å²) >= 11 is 0. The molecule has 1 N–H and O–H groups in total. The molecule has 7 heteroatoms. The van der Waals surface area contributed by atoms with Gasteiger partial charge in [-0.1, -0.05) is 30.3 Å². The highest BCUT2D eigenvalue weighted by molar-refractivity contribution is 5.96. The highest BCUT2D eigenvalue weighted by atomic mass is 16.5. The number of amides is 1. The fourth-order valence-electron chi connectivity index (χ4n) is 2.75. The van der Waals surface area contributed by atoms with Gasteiger partial charge < -0.3 is 10.1 Å². The highest BCUT2D eigenvalue weighted by Gasteiger charge is 2.22. The van der Waals surface area contributed by atoms with Crippen LogP contribution in [0, 0.1) is 0 Å². The molecule has 0 radical (unpaired) electrons. The van der Waals surface area contributed by atoms with Crippen molar-refractivity contribution >= 4 is 28.6 Å². The Hall–Kier alpha value is -3.22. The van der Waals surface area contributed by atoms with E-state index < -0.39 is 12.0 Å². The molecular formula is C19H20N4O3. The van der Waals surface area contributed by atoms with Crippen LogP contribution in [0.3, 0.4) is 0 Å². The Kier molecular flexibility index (Phi) is 5.26. The first-order valence-electron chi connectivity index (χ1n) is 8.52. The second kappa shape index (κ2) is 7.77. The number of fused-ring (bicyclic) bond motifs is 1. The molecular weight excluding hydrogens is 332 g/mol. The molecule has 7 nitrogen and oxygen atoms in total. The van der Waals surface area contributed by atoms with E-state index in [1.807, 2.05) is 31.2 Å². The molecule has 0 bridgehead atoms. The summed E-state index contributed by atoms with van der Waals surface area (Å²) in [4.78, 5) is 24.6. The maximum absolute atomic E-state index is 12.8. The Labute approximate surface area is 151 Å². The summed E-state index contributed by atoms with van der Waals surface area (Å²) < 4.78 is 6.61. The highest BCUT2D eigenvalue weighted by Crippen LogP contribution is 2.20. The van der Waals surface area contributed by atoms with E-state index in [1.165, 1.54) is 0 Å². The van der Waals surface area contributed by atoms with E-state index in [0.29, 0.717) is 24.3 Å². The van der Waals surface area contributed by atoms with Crippen LogP contribution in [0.25, 0.3) is 11.0 Å². The largest absolute Gasteiger partial charge is 0.462 e. The average Bonchev–Trinajstić information content (AvgIpc) is 3.07. The van der Waals surface area contributed by atoms with Gasteiger partial charge in [-0.3, -0.25) is 4.79 Å². The summed E-state index contributed by atoms with van der Waals surface area (Å²) in [6.07, 6.45) is 0.552. The van der Waals surface area contributed by atoms with Gasteiger partial charge in [0.15, 0.2) is 0 Å². The van der Waals surface area contributed by atoms with Crippen LogP contribution in [0.5, 0.6) is 0 Å². The van der Waals surface area contributed by atoms with Crippen molar-refractivity contribution in [3.8, 4) is 0 Å². The van der Waals surface area contributed by atoms with Crippen LogP contribution in [0.2, 0.25) is 0 Å². The monoisotopic (exact) mass is 352 g/mol. The van der Waals surface area contributed by atoms with Crippen molar-refractivity contribution < 1.29 is 14.3 Å². The smallest absolute Gasteiger partial charge is 0.338 e. The first kappa shape index (κ1) is 17.6. The molecule has 2 aromatic carbocycles. The Bertz CT molecular complexity index is 935. The number of carbonyl (C=O) groups is 2. The molecule has 0 spiro atoms. The number of aromatic nitrogens is 3. The van der Waals surface area contributed by atoms with Crippen molar-refractivity contribution in [2.75, 3.05) is 11.9 Å². The van der Waals surface area contributed by atoms with E-state index in [1.54, 1.807) is 35.9 Å². The number of ether oxygens (including phenoxy) is 1. The van der Waals surface area contributed by atoms with E-state index in [4.69, 9.17) is 4.74 Å². The number of benzene rings is 2. The minimum Gasteiger partial charge on any atom is -0.462 e. The first-order valence-corrected chi connectivity index (χ1v) is 8.52. The van der Waals surface area contributed by atoms with Crippen LogP contribution >= 0.6 is 0 Å². The standard InChI is InChI=1S/C19H20N4O3/c1-3-16(23-17-11-6-5-10-15(17)21-22-23)18(24)20-14-9-7-8-13(12-14)19(25)26-4-2/h5-12,16H,3-4H2,1-2H3,(H,20,24). The fraction of sp³-hybridized carbons (Fsp3) is 0.263. The SMILES string of the molecule is CCOC(=O)c1cccc(NC(=O)C(CC)n2nnc3ccccc32)c1. The van der Waals surface area contributed by atoms with Crippen LogP contribution in [0.15, 0.2) is 48.5 Å². The third-order valence-electron chi connectivity index (χ3n) is 4.00. The lowest BCUT2D eigenvalue weighted by Crippen LogP contribution is -2.26. The van der Waals surface area contributed by atoms with Gasteiger partial charge in [0, 0.05) is 5.69 Å². The third-order valence-corrected chi connectivity index (χ3v) is 4.00. The Balaban J connectivity index is 1.82. The van der Waals surface area contributed by atoms with E-state index in [0.717, 1.165) is 11.0 Å². The normalized spacial score (nSPS) is 11.9. The number of carbonyl (C=O) groups excluding carboxylic acids is 2. The topological polar surface area (TPSA) is 86.1 Å². The van der Waals surface area contributed by atoms with Crippen molar-refractivity contribution in [2.45, 2.75) is 26.3 Å². The summed E-state index contributed by atoms with van der Waals surface area (Å²) in [5, 5.41) is 11.1. The molecule has 26 heavy (non-hydrogen) atoms. The number of nitrogens with zero attached hydrogens (tertiary/aromatic N) is 3. The molecule has 0 aliphatic carbocycles. The lowest BCUT2D eigenvalue weighted by molar-refractivity contribution is -0.119. The number of hydrogen-bond donors (Lipinski definition) is 1. The molecule has 1 heterocycles. The number of nitrogens with one attached hydrogen (secondary N) is 1. The van der Waals surface area contributed by atoms with Gasteiger partial charge >= 0.3 is 5.97 Å². The number of anilines is 1. The van der Waals surface area contributed by atoms with Crippen molar-refractivity contribution in [2.24, 2.45) is 0 Å². The summed E-state index contributed by atoms with van der Waals surface area (Å²) in [5.41, 5.74) is 2.46. The summed E-state index contributed by atoms with van der Waals surface area (Å²) in [5.74, 6) is -0.637. The zero-order valence-electron chi connectivity index (χ0n) is 14.7. The quantitative estimate of drug-likeness (QED) is 0.689. The number of esters is 1. The maximum Gasteiger partial charge on any atom is 0.338 e. The molecule has 0 fully saturated rings. The van der Waals surface area contributed by atoms with Gasteiger partial charge in [0.1, 0.15) is 11.6 Å². The minimum atomic E-state index is -0.506.